The number of benzene rings is 2. The van der Waals surface area contributed by atoms with Crippen LogP contribution < -0.4 is 15.0 Å². The molecule has 0 aliphatic carbocycles. The zero-order chi connectivity index (χ0) is 21.7. The molecule has 30 heavy (non-hydrogen) atoms. The highest BCUT2D eigenvalue weighted by atomic mass is 16.5. The van der Waals surface area contributed by atoms with Gasteiger partial charge in [0.2, 0.25) is 11.8 Å². The number of likely N-dealkylation sites (N-methyl/N-ethyl adjacent to an activating group) is 1. The van der Waals surface area contributed by atoms with Crippen LogP contribution in [0.3, 0.4) is 0 Å². The van der Waals surface area contributed by atoms with Crippen LogP contribution >= 0.6 is 0 Å². The second-order valence-corrected chi connectivity index (χ2v) is 7.42. The van der Waals surface area contributed by atoms with Crippen molar-refractivity contribution in [2.24, 2.45) is 0 Å². The van der Waals surface area contributed by atoms with Gasteiger partial charge in [0.15, 0.2) is 6.61 Å². The van der Waals surface area contributed by atoms with Crippen molar-refractivity contribution in [2.75, 3.05) is 30.4 Å². The fraction of sp³-hybridized carbons (Fsp3) is 0.348. The summed E-state index contributed by atoms with van der Waals surface area (Å²) in [6.45, 7) is 3.64. The van der Waals surface area contributed by atoms with Crippen molar-refractivity contribution >= 4 is 29.1 Å². The molecule has 0 unspecified atom stereocenters. The van der Waals surface area contributed by atoms with E-state index in [-0.39, 0.29) is 43.3 Å². The summed E-state index contributed by atoms with van der Waals surface area (Å²) < 4.78 is 5.56. The van der Waals surface area contributed by atoms with Crippen LogP contribution in [0.15, 0.2) is 48.5 Å². The summed E-state index contributed by atoms with van der Waals surface area (Å²) in [7, 11) is 1.57. The molecule has 2 aromatic carbocycles. The maximum absolute atomic E-state index is 13.0. The molecule has 0 saturated heterocycles. The molecular weight excluding hydrogens is 382 g/mol. The zero-order valence-corrected chi connectivity index (χ0v) is 17.6. The number of fused-ring (bicyclic) bond motifs is 1. The average molecular weight is 409 g/mol. The van der Waals surface area contributed by atoms with Crippen LogP contribution in [0.4, 0.5) is 11.4 Å². The Morgan fingerprint density at radius 3 is 2.57 bits per heavy atom. The minimum Gasteiger partial charge on any atom is -0.484 e. The number of hydrogen-bond donors (Lipinski definition) is 1. The molecule has 0 radical (unpaired) electrons. The first-order chi connectivity index (χ1) is 14.4. The fourth-order valence-electron chi connectivity index (χ4n) is 3.41. The van der Waals surface area contributed by atoms with E-state index >= 15 is 0 Å². The summed E-state index contributed by atoms with van der Waals surface area (Å²) in [6.07, 6.45) is 1.12. The van der Waals surface area contributed by atoms with Crippen molar-refractivity contribution in [3.8, 4) is 5.75 Å². The quantitative estimate of drug-likeness (QED) is 0.796. The summed E-state index contributed by atoms with van der Waals surface area (Å²) >= 11 is 0. The highest BCUT2D eigenvalue weighted by Gasteiger charge is 2.30. The van der Waals surface area contributed by atoms with Gasteiger partial charge >= 0.3 is 0 Å². The third-order valence-electron chi connectivity index (χ3n) is 5.12. The van der Waals surface area contributed by atoms with Gasteiger partial charge in [0.25, 0.3) is 5.91 Å². The lowest BCUT2D eigenvalue weighted by Gasteiger charge is -2.29. The van der Waals surface area contributed by atoms with Crippen molar-refractivity contribution in [3.63, 3.8) is 0 Å². The normalized spacial score (nSPS) is 15.6. The number of ether oxygens (including phenoxy) is 1. The highest BCUT2D eigenvalue weighted by Crippen LogP contribution is 2.31. The molecule has 7 heteroatoms. The Hall–Kier alpha value is -3.35. The van der Waals surface area contributed by atoms with Crippen LogP contribution in [0.25, 0.3) is 0 Å². The van der Waals surface area contributed by atoms with Gasteiger partial charge in [0.1, 0.15) is 5.75 Å². The molecule has 7 nitrogen and oxygen atoms in total. The molecule has 0 spiro atoms. The van der Waals surface area contributed by atoms with E-state index < -0.39 is 0 Å². The number of para-hydroxylation sites is 2. The lowest BCUT2D eigenvalue weighted by atomic mass is 10.1. The van der Waals surface area contributed by atoms with Gasteiger partial charge < -0.3 is 19.9 Å². The maximum Gasteiger partial charge on any atom is 0.260 e. The van der Waals surface area contributed by atoms with Gasteiger partial charge in [-0.15, -0.1) is 0 Å². The molecule has 1 atom stereocenters. The standard InChI is InChI=1S/C23H27N3O4/c1-4-17-9-11-18(12-10-17)30-15-23(29)25(3)14-22(28)26-16(2)13-21(27)24-19-7-5-6-8-20(19)26/h5-12,16H,4,13-15H2,1-3H3,(H,24,27)/t16-/m0/s1. The van der Waals surface area contributed by atoms with E-state index in [1.807, 2.05) is 37.3 Å². The van der Waals surface area contributed by atoms with Crippen molar-refractivity contribution in [2.45, 2.75) is 32.7 Å². The first-order valence-electron chi connectivity index (χ1n) is 10.1. The topological polar surface area (TPSA) is 79.0 Å². The van der Waals surface area contributed by atoms with E-state index in [0.717, 1.165) is 6.42 Å². The molecule has 3 rings (SSSR count). The average Bonchev–Trinajstić information content (AvgIpc) is 2.86. The van der Waals surface area contributed by atoms with Crippen LogP contribution in [0.2, 0.25) is 0 Å². The van der Waals surface area contributed by atoms with Crippen LogP contribution in [0.1, 0.15) is 25.8 Å². The van der Waals surface area contributed by atoms with E-state index in [9.17, 15) is 14.4 Å². The molecule has 1 aliphatic rings. The molecule has 0 saturated carbocycles. The van der Waals surface area contributed by atoms with Crippen molar-refractivity contribution < 1.29 is 19.1 Å². The molecule has 3 amide bonds. The first-order valence-corrected chi connectivity index (χ1v) is 10.1. The smallest absolute Gasteiger partial charge is 0.260 e. The number of aryl methyl sites for hydroxylation is 1. The monoisotopic (exact) mass is 409 g/mol. The second-order valence-electron chi connectivity index (χ2n) is 7.42. The minimum absolute atomic E-state index is 0.107. The molecule has 1 N–H and O–H groups in total. The van der Waals surface area contributed by atoms with E-state index in [2.05, 4.69) is 12.2 Å². The van der Waals surface area contributed by atoms with Crippen molar-refractivity contribution in [1.29, 1.82) is 0 Å². The summed E-state index contributed by atoms with van der Waals surface area (Å²) in [5.41, 5.74) is 2.42. The SMILES string of the molecule is CCc1ccc(OCC(=O)N(C)CC(=O)N2c3ccccc3NC(=O)C[C@@H]2C)cc1. The van der Waals surface area contributed by atoms with Crippen LogP contribution in [-0.2, 0) is 20.8 Å². The van der Waals surface area contributed by atoms with Gasteiger partial charge in [-0.25, -0.2) is 0 Å². The first kappa shape index (κ1) is 21.4. The van der Waals surface area contributed by atoms with Gasteiger partial charge in [-0.3, -0.25) is 14.4 Å². The predicted molar refractivity (Wildman–Crippen MR) is 116 cm³/mol. The van der Waals surface area contributed by atoms with Gasteiger partial charge in [0.05, 0.1) is 17.9 Å². The third kappa shape index (κ3) is 4.97. The molecular formula is C23H27N3O4. The van der Waals surface area contributed by atoms with Crippen LogP contribution in [0, 0.1) is 0 Å². The number of nitrogens with zero attached hydrogens (tertiary/aromatic N) is 2. The number of rotatable bonds is 6. The molecule has 1 aliphatic heterocycles. The lowest BCUT2D eigenvalue weighted by Crippen LogP contribution is -2.46. The van der Waals surface area contributed by atoms with E-state index in [4.69, 9.17) is 4.74 Å². The Balaban J connectivity index is 1.63. The Morgan fingerprint density at radius 1 is 1.17 bits per heavy atom. The number of anilines is 2. The predicted octanol–water partition coefficient (Wildman–Crippen LogP) is 2.85. The summed E-state index contributed by atoms with van der Waals surface area (Å²) in [4.78, 5) is 40.5. The number of hydrogen-bond acceptors (Lipinski definition) is 4. The Bertz CT molecular complexity index is 926. The fourth-order valence-corrected chi connectivity index (χ4v) is 3.41. The summed E-state index contributed by atoms with van der Waals surface area (Å²) in [6, 6.07) is 14.4. The van der Waals surface area contributed by atoms with Gasteiger partial charge in [-0.05, 0) is 43.2 Å². The number of carbonyl (C=O) groups excluding carboxylic acids is 3. The van der Waals surface area contributed by atoms with Crippen LogP contribution in [0.5, 0.6) is 5.75 Å². The highest BCUT2D eigenvalue weighted by molar-refractivity contribution is 6.05. The van der Waals surface area contributed by atoms with Crippen molar-refractivity contribution in [1.82, 2.24) is 4.90 Å². The van der Waals surface area contributed by atoms with Gasteiger partial charge in [-0.2, -0.15) is 0 Å². The molecule has 158 valence electrons. The summed E-state index contributed by atoms with van der Waals surface area (Å²) in [5, 5.41) is 2.83. The van der Waals surface area contributed by atoms with Gasteiger partial charge in [-0.1, -0.05) is 31.2 Å². The lowest BCUT2D eigenvalue weighted by molar-refractivity contribution is -0.135. The van der Waals surface area contributed by atoms with E-state index in [1.54, 1.807) is 30.1 Å². The third-order valence-corrected chi connectivity index (χ3v) is 5.12. The number of nitrogens with one attached hydrogen (secondary N) is 1. The zero-order valence-electron chi connectivity index (χ0n) is 17.6. The number of amides is 3. The van der Waals surface area contributed by atoms with Gasteiger partial charge in [0, 0.05) is 19.5 Å². The molecule has 2 aromatic rings. The van der Waals surface area contributed by atoms with Crippen molar-refractivity contribution in [3.05, 3.63) is 54.1 Å². The Kier molecular flexibility index (Phi) is 6.72. The maximum atomic E-state index is 13.0. The summed E-state index contributed by atoms with van der Waals surface area (Å²) in [5.74, 6) is -0.0837. The second kappa shape index (κ2) is 9.43. The molecule has 0 fully saturated rings. The minimum atomic E-state index is -0.321. The molecule has 0 aromatic heterocycles. The van der Waals surface area contributed by atoms with Crippen LogP contribution in [-0.4, -0.2) is 48.9 Å². The Labute approximate surface area is 176 Å². The van der Waals surface area contributed by atoms with E-state index in [0.29, 0.717) is 17.1 Å². The largest absolute Gasteiger partial charge is 0.484 e. The van der Waals surface area contributed by atoms with E-state index in [1.165, 1.54) is 10.5 Å². The molecule has 0 bridgehead atoms. The molecule has 1 heterocycles. The Morgan fingerprint density at radius 2 is 1.87 bits per heavy atom. The number of carbonyl (C=O) groups is 3.